The topological polar surface area (TPSA) is 102 Å². The summed E-state index contributed by atoms with van der Waals surface area (Å²) < 4.78 is 18.1. The van der Waals surface area contributed by atoms with E-state index >= 15 is 0 Å². The van der Waals surface area contributed by atoms with Gasteiger partial charge in [-0.05, 0) is 0 Å². The van der Waals surface area contributed by atoms with Crippen LogP contribution in [0.4, 0.5) is 0 Å². The summed E-state index contributed by atoms with van der Waals surface area (Å²) in [5.74, 6) is -1.47. The summed E-state index contributed by atoms with van der Waals surface area (Å²) in [4.78, 5) is 9.93. The molecule has 0 amide bonds. The third kappa shape index (κ3) is 4.07. The minimum Gasteiger partial charge on any atom is -0.477 e. The molecule has 0 spiro atoms. The van der Waals surface area contributed by atoms with Crippen LogP contribution in [0.5, 0.6) is 0 Å². The first-order chi connectivity index (χ1) is 4.04. The maximum Gasteiger partial charge on any atom is 0.363 e. The van der Waals surface area contributed by atoms with Gasteiger partial charge in [-0.1, -0.05) is 0 Å². The number of carboxylic acids is 1. The maximum absolute atomic E-state index is 9.93. The smallest absolute Gasteiger partial charge is 0.363 e. The summed E-state index contributed by atoms with van der Waals surface area (Å²) >= 11 is -2.06. The molecule has 6 heteroatoms. The highest BCUT2D eigenvalue weighted by Crippen LogP contribution is 1.78. The lowest BCUT2D eigenvalue weighted by molar-refractivity contribution is -0.400. The normalized spacial score (nSPS) is 16.7. The molecule has 2 atom stereocenters. The van der Waals surface area contributed by atoms with Crippen LogP contribution in [-0.2, 0) is 15.9 Å². The van der Waals surface area contributed by atoms with Crippen LogP contribution in [0.25, 0.3) is 0 Å². The molecule has 9 heavy (non-hydrogen) atoms. The molecule has 54 valence electrons. The van der Waals surface area contributed by atoms with Gasteiger partial charge in [0.15, 0.2) is 17.1 Å². The fourth-order valence-corrected chi connectivity index (χ4v) is 0.730. The average Bonchev–Trinajstić information content (AvgIpc) is 1.63. The van der Waals surface area contributed by atoms with Crippen molar-refractivity contribution in [1.82, 2.24) is 0 Å². The molecule has 1 unspecified atom stereocenters. The maximum atomic E-state index is 9.93. The minimum absolute atomic E-state index is 0.310. The van der Waals surface area contributed by atoms with Crippen LogP contribution >= 0.6 is 0 Å². The Balaban J connectivity index is 3.63. The van der Waals surface area contributed by atoms with Crippen LogP contribution in [0.2, 0.25) is 0 Å². The number of quaternary nitrogens is 1. The van der Waals surface area contributed by atoms with E-state index in [0.717, 1.165) is 0 Å². The van der Waals surface area contributed by atoms with Gasteiger partial charge in [0, 0.05) is 0 Å². The molecule has 0 saturated heterocycles. The highest BCUT2D eigenvalue weighted by Gasteiger charge is 2.17. The zero-order valence-corrected chi connectivity index (χ0v) is 5.43. The van der Waals surface area contributed by atoms with E-state index in [0.29, 0.717) is 0 Å². The van der Waals surface area contributed by atoms with Crippen LogP contribution in [0.1, 0.15) is 0 Å². The lowest BCUT2D eigenvalue weighted by atomic mass is 10.4. The molecule has 0 rings (SSSR count). The van der Waals surface area contributed by atoms with Crippen LogP contribution < -0.4 is 5.73 Å². The van der Waals surface area contributed by atoms with Crippen molar-refractivity contribution in [3.05, 3.63) is 0 Å². The van der Waals surface area contributed by atoms with E-state index in [-0.39, 0.29) is 5.75 Å². The van der Waals surface area contributed by atoms with Gasteiger partial charge >= 0.3 is 5.97 Å². The summed E-state index contributed by atoms with van der Waals surface area (Å²) in [6.45, 7) is 0. The Kier molecular flexibility index (Phi) is 3.36. The van der Waals surface area contributed by atoms with Gasteiger partial charge in [0.25, 0.3) is 0 Å². The summed E-state index contributed by atoms with van der Waals surface area (Å²) in [6, 6.07) is -0.990. The molecule has 0 aliphatic heterocycles. The molecular formula is C3H8NO4S+. The van der Waals surface area contributed by atoms with E-state index < -0.39 is 23.1 Å². The molecule has 0 aromatic rings. The van der Waals surface area contributed by atoms with Gasteiger partial charge in [-0.2, -0.15) is 0 Å². The molecule has 0 aromatic heterocycles. The van der Waals surface area contributed by atoms with Crippen molar-refractivity contribution in [3.63, 3.8) is 0 Å². The summed E-state index contributed by atoms with van der Waals surface area (Å²) in [5, 5.41) is 8.12. The third-order valence-corrected chi connectivity index (χ3v) is 1.38. The molecule has 0 bridgehead atoms. The number of carbonyl (C=O) groups is 1. The first kappa shape index (κ1) is 8.54. The Morgan fingerprint density at radius 3 is 2.33 bits per heavy atom. The molecule has 0 heterocycles. The molecule has 0 aliphatic rings. The van der Waals surface area contributed by atoms with Crippen LogP contribution in [-0.4, -0.2) is 31.6 Å². The number of hydrogen-bond donors (Lipinski definition) is 3. The fraction of sp³-hybridized carbons (Fsp3) is 0.667. The second-order valence-corrected chi connectivity index (χ2v) is 2.50. The largest absolute Gasteiger partial charge is 0.477 e. The average molecular weight is 154 g/mol. The van der Waals surface area contributed by atoms with Crippen LogP contribution in [0.15, 0.2) is 0 Å². The van der Waals surface area contributed by atoms with Gasteiger partial charge in [-0.15, -0.1) is 0 Å². The SMILES string of the molecule is [NH3+][C@@H](CS(=O)O)C(=O)O. The quantitative estimate of drug-likeness (QED) is 0.405. The third-order valence-electron chi connectivity index (χ3n) is 0.693. The van der Waals surface area contributed by atoms with Crippen molar-refractivity contribution in [2.24, 2.45) is 0 Å². The summed E-state index contributed by atoms with van der Waals surface area (Å²) in [5.41, 5.74) is 3.13. The van der Waals surface area contributed by atoms with Crippen molar-refractivity contribution < 1.29 is 24.4 Å². The number of aliphatic carboxylic acids is 1. The van der Waals surface area contributed by atoms with Crippen molar-refractivity contribution >= 4 is 17.0 Å². The van der Waals surface area contributed by atoms with Gasteiger partial charge in [-0.3, -0.25) is 0 Å². The fourth-order valence-electron chi connectivity index (χ4n) is 0.243. The van der Waals surface area contributed by atoms with E-state index in [2.05, 4.69) is 5.73 Å². The van der Waals surface area contributed by atoms with Gasteiger partial charge in [0.05, 0.1) is 0 Å². The Morgan fingerprint density at radius 1 is 1.78 bits per heavy atom. The minimum atomic E-state index is -2.06. The Labute approximate surface area is 54.1 Å². The van der Waals surface area contributed by atoms with E-state index in [1.807, 2.05) is 0 Å². The first-order valence-corrected chi connectivity index (χ1v) is 3.45. The monoisotopic (exact) mass is 154 g/mol. The zero-order chi connectivity index (χ0) is 7.44. The Bertz CT molecular complexity index is 136. The number of hydrogen-bond acceptors (Lipinski definition) is 2. The first-order valence-electron chi connectivity index (χ1n) is 2.17. The number of rotatable bonds is 3. The summed E-state index contributed by atoms with van der Waals surface area (Å²) in [6.07, 6.45) is 0. The van der Waals surface area contributed by atoms with Crippen LogP contribution in [0, 0.1) is 0 Å². The molecular weight excluding hydrogens is 146 g/mol. The summed E-state index contributed by atoms with van der Waals surface area (Å²) in [7, 11) is 0. The van der Waals surface area contributed by atoms with Gasteiger partial charge in [0.2, 0.25) is 0 Å². The second-order valence-electron chi connectivity index (χ2n) is 1.52. The van der Waals surface area contributed by atoms with Crippen LogP contribution in [0.3, 0.4) is 0 Å². The highest BCUT2D eigenvalue weighted by molar-refractivity contribution is 7.79. The van der Waals surface area contributed by atoms with Crippen molar-refractivity contribution in [2.75, 3.05) is 5.75 Å². The van der Waals surface area contributed by atoms with Crippen molar-refractivity contribution in [3.8, 4) is 0 Å². The van der Waals surface area contributed by atoms with E-state index in [4.69, 9.17) is 9.66 Å². The van der Waals surface area contributed by atoms with Crippen molar-refractivity contribution in [2.45, 2.75) is 6.04 Å². The molecule has 5 N–H and O–H groups in total. The van der Waals surface area contributed by atoms with Crippen molar-refractivity contribution in [1.29, 1.82) is 0 Å². The number of carboxylic acid groups (broad SMARTS) is 1. The predicted molar refractivity (Wildman–Crippen MR) is 30.0 cm³/mol. The lowest BCUT2D eigenvalue weighted by Crippen LogP contribution is -2.67. The molecule has 0 saturated carbocycles. The zero-order valence-electron chi connectivity index (χ0n) is 4.61. The predicted octanol–water partition coefficient (Wildman–Crippen LogP) is -2.10. The molecule has 5 nitrogen and oxygen atoms in total. The van der Waals surface area contributed by atoms with Gasteiger partial charge in [0.1, 0.15) is 5.75 Å². The van der Waals surface area contributed by atoms with Gasteiger partial charge < -0.3 is 15.4 Å². The lowest BCUT2D eigenvalue weighted by Gasteiger charge is -1.96. The molecule has 0 radical (unpaired) electrons. The molecule has 0 fully saturated rings. The highest BCUT2D eigenvalue weighted by atomic mass is 32.2. The molecule has 0 aliphatic carbocycles. The second kappa shape index (κ2) is 3.54. The van der Waals surface area contributed by atoms with E-state index in [9.17, 15) is 9.00 Å². The van der Waals surface area contributed by atoms with E-state index in [1.54, 1.807) is 0 Å². The van der Waals surface area contributed by atoms with E-state index in [1.165, 1.54) is 0 Å². The van der Waals surface area contributed by atoms with Gasteiger partial charge in [-0.25, -0.2) is 9.00 Å². The standard InChI is InChI=1S/C3H7NO4S/c4-2(3(5)6)1-9(7)8/h2H,1,4H2,(H,5,6)(H,7,8)/p+1/t2-/m0/s1. The Morgan fingerprint density at radius 2 is 2.22 bits per heavy atom. The Hall–Kier alpha value is -0.460. The molecule has 0 aromatic carbocycles.